The zero-order chi connectivity index (χ0) is 21.0. The molecule has 0 spiro atoms. The van der Waals surface area contributed by atoms with E-state index in [1.807, 2.05) is 0 Å². The Morgan fingerprint density at radius 2 is 1.29 bits per heavy atom. The van der Waals surface area contributed by atoms with Gasteiger partial charge in [-0.2, -0.15) is 0 Å². The van der Waals surface area contributed by atoms with Crippen molar-refractivity contribution in [1.82, 2.24) is 0 Å². The van der Waals surface area contributed by atoms with Gasteiger partial charge >= 0.3 is 11.9 Å². The van der Waals surface area contributed by atoms with E-state index < -0.39 is 24.8 Å². The molecule has 2 N–H and O–H groups in total. The van der Waals surface area contributed by atoms with Crippen LogP contribution in [0.2, 0.25) is 0 Å². The maximum absolute atomic E-state index is 11.7. The van der Waals surface area contributed by atoms with Crippen molar-refractivity contribution in [3.63, 3.8) is 0 Å². The van der Waals surface area contributed by atoms with Gasteiger partial charge in [0.1, 0.15) is 12.7 Å². The summed E-state index contributed by atoms with van der Waals surface area (Å²) in [7, 11) is 0. The lowest BCUT2D eigenvalue weighted by molar-refractivity contribution is -0.167. The molecule has 2 atom stereocenters. The Morgan fingerprint density at radius 1 is 0.821 bits per heavy atom. The average molecular weight is 403 g/mol. The smallest absolute Gasteiger partial charge is 0.335 e. The Hall–Kier alpha value is -1.14. The summed E-state index contributed by atoms with van der Waals surface area (Å²) in [5.74, 6) is -1.19. The first-order chi connectivity index (χ1) is 13.5. The van der Waals surface area contributed by atoms with E-state index in [9.17, 15) is 9.59 Å². The number of carbonyl (C=O) groups is 2. The number of ether oxygens (including phenoxy) is 2. The van der Waals surface area contributed by atoms with Crippen molar-refractivity contribution in [1.29, 1.82) is 0 Å². The minimum absolute atomic E-state index is 0.188. The minimum Gasteiger partial charge on any atom is -0.462 e. The van der Waals surface area contributed by atoms with Crippen LogP contribution in [-0.2, 0) is 19.1 Å². The molecule has 0 saturated carbocycles. The number of hydrogen-bond donors (Lipinski definition) is 2. The van der Waals surface area contributed by atoms with E-state index >= 15 is 0 Å². The minimum atomic E-state index is -1.27. The van der Waals surface area contributed by atoms with Crippen LogP contribution < -0.4 is 0 Å². The fourth-order valence-corrected chi connectivity index (χ4v) is 2.93. The quantitative estimate of drug-likeness (QED) is 0.247. The first-order valence-electron chi connectivity index (χ1n) is 11.2. The number of hydrogen-bond acceptors (Lipinski definition) is 6. The zero-order valence-electron chi connectivity index (χ0n) is 18.0. The molecule has 0 aromatic carbocycles. The molecule has 166 valence electrons. The first-order valence-corrected chi connectivity index (χ1v) is 11.2. The van der Waals surface area contributed by atoms with Gasteiger partial charge in [0.15, 0.2) is 6.10 Å². The van der Waals surface area contributed by atoms with Gasteiger partial charge in [0, 0.05) is 6.42 Å². The molecular formula is C22H42O6. The summed E-state index contributed by atoms with van der Waals surface area (Å²) in [4.78, 5) is 22.9. The van der Waals surface area contributed by atoms with Crippen LogP contribution >= 0.6 is 0 Å². The summed E-state index contributed by atoms with van der Waals surface area (Å²) >= 11 is 0. The molecule has 0 aliphatic rings. The van der Waals surface area contributed by atoms with Crippen molar-refractivity contribution in [2.75, 3.05) is 13.2 Å². The number of rotatable bonds is 19. The van der Waals surface area contributed by atoms with Crippen LogP contribution in [0.4, 0.5) is 0 Å². The lowest BCUT2D eigenvalue weighted by Gasteiger charge is -2.16. The first kappa shape index (κ1) is 26.9. The van der Waals surface area contributed by atoms with Crippen molar-refractivity contribution < 1.29 is 29.3 Å². The molecule has 6 nitrogen and oxygen atoms in total. The van der Waals surface area contributed by atoms with Gasteiger partial charge in [0.25, 0.3) is 0 Å². The average Bonchev–Trinajstić information content (AvgIpc) is 2.68. The number of esters is 2. The van der Waals surface area contributed by atoms with Crippen molar-refractivity contribution in [2.24, 2.45) is 0 Å². The third-order valence-electron chi connectivity index (χ3n) is 4.74. The van der Waals surface area contributed by atoms with Crippen LogP contribution in [0.25, 0.3) is 0 Å². The lowest BCUT2D eigenvalue weighted by Crippen LogP contribution is -2.32. The Kier molecular flexibility index (Phi) is 18.4. The number of unbranched alkanes of at least 4 members (excludes halogenated alkanes) is 12. The van der Waals surface area contributed by atoms with Crippen LogP contribution in [0.1, 0.15) is 104 Å². The Morgan fingerprint density at radius 3 is 1.71 bits per heavy atom. The molecule has 0 aromatic rings. The fraction of sp³-hybridized carbons (Fsp3) is 0.909. The predicted molar refractivity (Wildman–Crippen MR) is 110 cm³/mol. The molecule has 6 heteroatoms. The lowest BCUT2D eigenvalue weighted by atomic mass is 10.0. The molecule has 2 unspecified atom stereocenters. The Balaban J connectivity index is 3.46. The van der Waals surface area contributed by atoms with Crippen molar-refractivity contribution in [3.8, 4) is 0 Å². The second kappa shape index (κ2) is 19.2. The van der Waals surface area contributed by atoms with Gasteiger partial charge in [-0.1, -0.05) is 84.0 Å². The standard InChI is InChI=1S/C22H42O6/c1-3-4-5-6-7-8-9-10-11-12-13-14-15-16-21(25)27-18-20(17-23)28-22(26)19(2)24/h19-20,23-24H,3-18H2,1-2H3. The summed E-state index contributed by atoms with van der Waals surface area (Å²) in [5, 5.41) is 18.2. The highest BCUT2D eigenvalue weighted by Crippen LogP contribution is 2.13. The molecule has 28 heavy (non-hydrogen) atoms. The summed E-state index contributed by atoms with van der Waals surface area (Å²) in [6.07, 6.45) is 14.4. The second-order valence-electron chi connectivity index (χ2n) is 7.59. The monoisotopic (exact) mass is 402 g/mol. The summed E-state index contributed by atoms with van der Waals surface area (Å²) < 4.78 is 9.84. The van der Waals surface area contributed by atoms with Crippen LogP contribution in [0.5, 0.6) is 0 Å². The molecule has 0 rings (SSSR count). The van der Waals surface area contributed by atoms with Crippen LogP contribution in [0.3, 0.4) is 0 Å². The number of carbonyl (C=O) groups excluding carboxylic acids is 2. The highest BCUT2D eigenvalue weighted by molar-refractivity contribution is 5.74. The fourth-order valence-electron chi connectivity index (χ4n) is 2.93. The highest BCUT2D eigenvalue weighted by Gasteiger charge is 2.19. The Labute approximate surface area is 171 Å². The number of aliphatic hydroxyl groups is 2. The van der Waals surface area contributed by atoms with Gasteiger partial charge in [0.05, 0.1) is 6.61 Å². The molecule has 0 saturated heterocycles. The van der Waals surface area contributed by atoms with E-state index in [1.54, 1.807) is 0 Å². The van der Waals surface area contributed by atoms with E-state index in [0.717, 1.165) is 19.3 Å². The van der Waals surface area contributed by atoms with Gasteiger partial charge in [0.2, 0.25) is 0 Å². The molecule has 0 amide bonds. The van der Waals surface area contributed by atoms with Crippen molar-refractivity contribution in [3.05, 3.63) is 0 Å². The third-order valence-corrected chi connectivity index (χ3v) is 4.74. The van der Waals surface area contributed by atoms with Gasteiger partial charge in [-0.05, 0) is 13.3 Å². The predicted octanol–water partition coefficient (Wildman–Crippen LogP) is 4.30. The molecule has 0 heterocycles. The van der Waals surface area contributed by atoms with E-state index in [2.05, 4.69) is 6.92 Å². The largest absolute Gasteiger partial charge is 0.462 e. The van der Waals surface area contributed by atoms with Crippen molar-refractivity contribution in [2.45, 2.75) is 116 Å². The molecular weight excluding hydrogens is 360 g/mol. The van der Waals surface area contributed by atoms with Gasteiger partial charge in [-0.3, -0.25) is 4.79 Å². The Bertz CT molecular complexity index is 383. The molecule has 0 aliphatic carbocycles. The van der Waals surface area contributed by atoms with Crippen LogP contribution in [0.15, 0.2) is 0 Å². The van der Waals surface area contributed by atoms with Crippen LogP contribution in [0, 0.1) is 0 Å². The highest BCUT2D eigenvalue weighted by atomic mass is 16.6. The topological polar surface area (TPSA) is 93.1 Å². The maximum Gasteiger partial charge on any atom is 0.335 e. The zero-order valence-corrected chi connectivity index (χ0v) is 18.0. The van der Waals surface area contributed by atoms with E-state index in [-0.39, 0.29) is 12.6 Å². The van der Waals surface area contributed by atoms with Gasteiger partial charge < -0.3 is 19.7 Å². The molecule has 0 fully saturated rings. The van der Waals surface area contributed by atoms with E-state index in [0.29, 0.717) is 6.42 Å². The normalized spacial score (nSPS) is 13.1. The second-order valence-corrected chi connectivity index (χ2v) is 7.59. The van der Waals surface area contributed by atoms with Gasteiger partial charge in [-0.25, -0.2) is 4.79 Å². The van der Waals surface area contributed by atoms with E-state index in [4.69, 9.17) is 19.7 Å². The molecule has 0 radical (unpaired) electrons. The summed E-state index contributed by atoms with van der Waals surface area (Å²) in [5.41, 5.74) is 0. The molecule has 0 bridgehead atoms. The third kappa shape index (κ3) is 17.0. The SMILES string of the molecule is CCCCCCCCCCCCCCCC(=O)OCC(CO)OC(=O)C(C)O. The van der Waals surface area contributed by atoms with Crippen LogP contribution in [-0.4, -0.2) is 47.6 Å². The van der Waals surface area contributed by atoms with E-state index in [1.165, 1.54) is 71.1 Å². The van der Waals surface area contributed by atoms with Crippen molar-refractivity contribution >= 4 is 11.9 Å². The molecule has 0 aromatic heterocycles. The molecule has 0 aliphatic heterocycles. The number of aliphatic hydroxyl groups excluding tert-OH is 2. The van der Waals surface area contributed by atoms with Gasteiger partial charge in [-0.15, -0.1) is 0 Å². The maximum atomic E-state index is 11.7. The summed E-state index contributed by atoms with van der Waals surface area (Å²) in [6, 6.07) is 0. The summed E-state index contributed by atoms with van der Waals surface area (Å²) in [6.45, 7) is 2.88.